The predicted octanol–water partition coefficient (Wildman–Crippen LogP) is 2.00. The zero-order valence-corrected chi connectivity index (χ0v) is 12.4. The molecule has 0 spiro atoms. The number of thiazole rings is 1. The van der Waals surface area contributed by atoms with Gasteiger partial charge in [-0.05, 0) is 0 Å². The number of aromatic nitrogens is 4. The lowest BCUT2D eigenvalue weighted by Gasteiger charge is -2.03. The van der Waals surface area contributed by atoms with E-state index in [0.717, 1.165) is 27.8 Å². The van der Waals surface area contributed by atoms with E-state index in [1.807, 2.05) is 35.7 Å². The van der Waals surface area contributed by atoms with Gasteiger partial charge in [0, 0.05) is 24.6 Å². The van der Waals surface area contributed by atoms with Crippen LogP contribution < -0.4 is 5.73 Å². The van der Waals surface area contributed by atoms with Gasteiger partial charge in [-0.1, -0.05) is 35.5 Å². The van der Waals surface area contributed by atoms with Crippen molar-refractivity contribution in [1.29, 1.82) is 0 Å². The summed E-state index contributed by atoms with van der Waals surface area (Å²) in [5.41, 5.74) is 9.25. The second-order valence-electron chi connectivity index (χ2n) is 4.41. The van der Waals surface area contributed by atoms with E-state index >= 15 is 0 Å². The number of nitrogens with zero attached hydrogens (tertiary/aromatic N) is 4. The summed E-state index contributed by atoms with van der Waals surface area (Å²) in [7, 11) is 1.63. The first-order valence-electron chi connectivity index (χ1n) is 6.47. The van der Waals surface area contributed by atoms with Crippen molar-refractivity contribution in [2.45, 2.75) is 13.2 Å². The molecule has 0 amide bonds. The quantitative estimate of drug-likeness (QED) is 0.779. The summed E-state index contributed by atoms with van der Waals surface area (Å²) >= 11 is 1.51. The highest BCUT2D eigenvalue weighted by molar-refractivity contribution is 7.12. The van der Waals surface area contributed by atoms with E-state index in [1.54, 1.807) is 11.8 Å². The number of rotatable bonds is 5. The van der Waals surface area contributed by atoms with Crippen molar-refractivity contribution in [3.05, 3.63) is 47.1 Å². The molecule has 21 heavy (non-hydrogen) atoms. The van der Waals surface area contributed by atoms with Gasteiger partial charge in [0.15, 0.2) is 0 Å². The first-order valence-corrected chi connectivity index (χ1v) is 7.35. The Balaban J connectivity index is 1.99. The third-order valence-corrected chi connectivity index (χ3v) is 3.88. The molecule has 0 radical (unpaired) electrons. The van der Waals surface area contributed by atoms with E-state index in [2.05, 4.69) is 15.3 Å². The predicted molar refractivity (Wildman–Crippen MR) is 81.1 cm³/mol. The Morgan fingerprint density at radius 2 is 2.10 bits per heavy atom. The van der Waals surface area contributed by atoms with Gasteiger partial charge in [-0.25, -0.2) is 4.98 Å². The topological polar surface area (TPSA) is 78.9 Å². The zero-order chi connectivity index (χ0) is 14.7. The highest BCUT2D eigenvalue weighted by Crippen LogP contribution is 2.24. The Labute approximate surface area is 126 Å². The van der Waals surface area contributed by atoms with E-state index in [1.165, 1.54) is 11.3 Å². The lowest BCUT2D eigenvalue weighted by atomic mass is 10.2. The number of nitrogens with two attached hydrogens (primary N) is 1. The van der Waals surface area contributed by atoms with E-state index in [-0.39, 0.29) is 0 Å². The van der Waals surface area contributed by atoms with Gasteiger partial charge >= 0.3 is 0 Å². The second kappa shape index (κ2) is 6.13. The third kappa shape index (κ3) is 2.71. The van der Waals surface area contributed by atoms with Crippen molar-refractivity contribution in [3.63, 3.8) is 0 Å². The fourth-order valence-corrected chi connectivity index (χ4v) is 2.83. The Morgan fingerprint density at radius 1 is 1.29 bits per heavy atom. The zero-order valence-electron chi connectivity index (χ0n) is 11.6. The van der Waals surface area contributed by atoms with Gasteiger partial charge in [0.05, 0.1) is 18.0 Å². The van der Waals surface area contributed by atoms with Crippen LogP contribution in [0.3, 0.4) is 0 Å². The van der Waals surface area contributed by atoms with Crippen molar-refractivity contribution < 1.29 is 4.74 Å². The minimum atomic E-state index is 0.329. The first kappa shape index (κ1) is 13.9. The van der Waals surface area contributed by atoms with E-state index in [4.69, 9.17) is 10.5 Å². The molecule has 1 aromatic carbocycles. The van der Waals surface area contributed by atoms with Crippen LogP contribution in [0.15, 0.2) is 35.7 Å². The SMILES string of the molecule is COCc1c(CN)nnn1-c1nc(-c2ccccc2)cs1. The molecule has 0 aliphatic heterocycles. The largest absolute Gasteiger partial charge is 0.378 e. The molecule has 2 N–H and O–H groups in total. The average Bonchev–Trinajstić information content (AvgIpc) is 3.15. The van der Waals surface area contributed by atoms with Crippen LogP contribution in [0.2, 0.25) is 0 Å². The van der Waals surface area contributed by atoms with Crippen LogP contribution in [0, 0.1) is 0 Å². The van der Waals surface area contributed by atoms with Gasteiger partial charge in [0.25, 0.3) is 0 Å². The highest BCUT2D eigenvalue weighted by atomic mass is 32.1. The molecule has 2 aromatic heterocycles. The molecule has 0 fully saturated rings. The highest BCUT2D eigenvalue weighted by Gasteiger charge is 2.15. The van der Waals surface area contributed by atoms with E-state index in [0.29, 0.717) is 13.2 Å². The van der Waals surface area contributed by atoms with Crippen LogP contribution in [0.25, 0.3) is 16.4 Å². The fourth-order valence-electron chi connectivity index (χ4n) is 2.03. The minimum absolute atomic E-state index is 0.329. The Hall–Kier alpha value is -2.09. The molecule has 2 heterocycles. The number of methoxy groups -OCH3 is 1. The van der Waals surface area contributed by atoms with Crippen molar-refractivity contribution in [1.82, 2.24) is 20.0 Å². The van der Waals surface area contributed by atoms with Gasteiger partial charge in [-0.15, -0.1) is 16.4 Å². The fraction of sp³-hybridized carbons (Fsp3) is 0.214. The van der Waals surface area contributed by atoms with Crippen LogP contribution in [-0.4, -0.2) is 27.1 Å². The van der Waals surface area contributed by atoms with E-state index in [9.17, 15) is 0 Å². The van der Waals surface area contributed by atoms with Crippen LogP contribution in [0.1, 0.15) is 11.4 Å². The van der Waals surface area contributed by atoms with E-state index < -0.39 is 0 Å². The number of hydrogen-bond donors (Lipinski definition) is 1. The minimum Gasteiger partial charge on any atom is -0.378 e. The average molecular weight is 301 g/mol. The van der Waals surface area contributed by atoms with Gasteiger partial charge < -0.3 is 10.5 Å². The molecule has 6 nitrogen and oxygen atoms in total. The molecule has 0 bridgehead atoms. The summed E-state index contributed by atoms with van der Waals surface area (Å²) in [4.78, 5) is 4.62. The lowest BCUT2D eigenvalue weighted by molar-refractivity contribution is 0.178. The number of benzene rings is 1. The van der Waals surface area contributed by atoms with Crippen LogP contribution >= 0.6 is 11.3 Å². The summed E-state index contributed by atoms with van der Waals surface area (Å²) < 4.78 is 6.90. The maximum Gasteiger partial charge on any atom is 0.212 e. The summed E-state index contributed by atoms with van der Waals surface area (Å²) in [5.74, 6) is 0. The van der Waals surface area contributed by atoms with Crippen molar-refractivity contribution in [2.24, 2.45) is 5.73 Å². The summed E-state index contributed by atoms with van der Waals surface area (Å²) in [5, 5.41) is 11.0. The Kier molecular flexibility index (Phi) is 4.05. The van der Waals surface area contributed by atoms with Gasteiger partial charge in [-0.2, -0.15) is 4.68 Å². The smallest absolute Gasteiger partial charge is 0.212 e. The number of ether oxygens (including phenoxy) is 1. The molecular weight excluding hydrogens is 286 g/mol. The van der Waals surface area contributed by atoms with Crippen molar-refractivity contribution >= 4 is 11.3 Å². The molecule has 3 rings (SSSR count). The monoisotopic (exact) mass is 301 g/mol. The summed E-state index contributed by atoms with van der Waals surface area (Å²) in [6, 6.07) is 10.0. The molecule has 0 aliphatic carbocycles. The molecule has 0 aliphatic rings. The molecule has 0 atom stereocenters. The van der Waals surface area contributed by atoms with Crippen LogP contribution in [0.4, 0.5) is 0 Å². The first-order chi connectivity index (χ1) is 10.3. The Bertz CT molecular complexity index is 722. The molecule has 3 aromatic rings. The second-order valence-corrected chi connectivity index (χ2v) is 5.25. The molecular formula is C14H15N5OS. The normalized spacial score (nSPS) is 11.0. The third-order valence-electron chi connectivity index (χ3n) is 3.06. The maximum absolute atomic E-state index is 5.68. The van der Waals surface area contributed by atoms with Crippen LogP contribution in [0.5, 0.6) is 0 Å². The molecule has 108 valence electrons. The van der Waals surface area contributed by atoms with Crippen molar-refractivity contribution in [3.8, 4) is 16.4 Å². The number of hydrogen-bond acceptors (Lipinski definition) is 6. The lowest BCUT2D eigenvalue weighted by Crippen LogP contribution is -2.07. The van der Waals surface area contributed by atoms with Gasteiger partial charge in [0.1, 0.15) is 5.69 Å². The summed E-state index contributed by atoms with van der Waals surface area (Å²) in [6.45, 7) is 0.732. The van der Waals surface area contributed by atoms with Gasteiger partial charge in [-0.3, -0.25) is 0 Å². The molecule has 0 unspecified atom stereocenters. The summed E-state index contributed by atoms with van der Waals surface area (Å²) in [6.07, 6.45) is 0. The Morgan fingerprint density at radius 3 is 2.81 bits per heavy atom. The maximum atomic E-state index is 5.68. The standard InChI is InChI=1S/C14H15N5OS/c1-20-8-13-11(7-15)17-18-19(13)14-16-12(9-21-14)10-5-3-2-4-6-10/h2-6,9H,7-8,15H2,1H3. The molecule has 0 saturated heterocycles. The molecule has 7 heteroatoms. The van der Waals surface area contributed by atoms with Gasteiger partial charge in [0.2, 0.25) is 5.13 Å². The molecule has 0 saturated carbocycles. The van der Waals surface area contributed by atoms with Crippen molar-refractivity contribution in [2.75, 3.05) is 7.11 Å². The van der Waals surface area contributed by atoms with Crippen LogP contribution in [-0.2, 0) is 17.9 Å².